The number of carbonyl (C=O) groups is 2. The Labute approximate surface area is 128 Å². The van der Waals surface area contributed by atoms with E-state index in [0.29, 0.717) is 5.56 Å². The highest BCUT2D eigenvalue weighted by Gasteiger charge is 2.23. The number of hydrogen-bond donors (Lipinski definition) is 3. The van der Waals surface area contributed by atoms with E-state index < -0.39 is 23.7 Å². The van der Waals surface area contributed by atoms with Gasteiger partial charge in [-0.05, 0) is 32.9 Å². The maximum absolute atomic E-state index is 11.6. The van der Waals surface area contributed by atoms with E-state index >= 15 is 0 Å². The summed E-state index contributed by atoms with van der Waals surface area (Å²) < 4.78 is 5.01. The molecule has 0 unspecified atom stereocenters. The third-order valence-corrected chi connectivity index (χ3v) is 2.36. The summed E-state index contributed by atoms with van der Waals surface area (Å²) in [6.45, 7) is 5.06. The molecule has 0 saturated heterocycles. The van der Waals surface area contributed by atoms with Crippen molar-refractivity contribution in [2.24, 2.45) is 0 Å². The fourth-order valence-electron chi connectivity index (χ4n) is 1.42. The first-order valence-corrected chi connectivity index (χ1v) is 6.61. The molecule has 7 nitrogen and oxygen atoms in total. The molecule has 1 aromatic rings. The smallest absolute Gasteiger partial charge is 0.408 e. The number of aliphatic carboxylic acids is 1. The summed E-state index contributed by atoms with van der Waals surface area (Å²) in [5.41, 5.74) is 5.43. The molecule has 0 spiro atoms. The van der Waals surface area contributed by atoms with E-state index in [0.717, 1.165) is 0 Å². The molecule has 118 valence electrons. The molecule has 1 rings (SSSR count). The van der Waals surface area contributed by atoms with Gasteiger partial charge in [-0.3, -0.25) is 0 Å². The van der Waals surface area contributed by atoms with Crippen LogP contribution in [0.4, 0.5) is 10.6 Å². The Hall–Kier alpha value is -2.75. The zero-order valence-electron chi connectivity index (χ0n) is 12.7. The molecule has 0 aliphatic rings. The summed E-state index contributed by atoms with van der Waals surface area (Å²) in [5.74, 6) is 4.47. The first-order chi connectivity index (χ1) is 10.2. The molecular formula is C15H19N3O4. The summed E-state index contributed by atoms with van der Waals surface area (Å²) in [6, 6.07) is 2.18. The quantitative estimate of drug-likeness (QED) is 0.727. The highest BCUT2D eigenvalue weighted by Crippen LogP contribution is 2.07. The predicted molar refractivity (Wildman–Crippen MR) is 80.9 cm³/mol. The van der Waals surface area contributed by atoms with Crippen LogP contribution in [0.3, 0.4) is 0 Å². The van der Waals surface area contributed by atoms with Gasteiger partial charge in [-0.25, -0.2) is 14.6 Å². The molecule has 7 heteroatoms. The van der Waals surface area contributed by atoms with Crippen LogP contribution in [0.5, 0.6) is 0 Å². The number of alkyl carbamates (subject to hydrolysis) is 1. The van der Waals surface area contributed by atoms with Crippen LogP contribution in [-0.4, -0.2) is 33.8 Å². The lowest BCUT2D eigenvalue weighted by Crippen LogP contribution is -2.43. The average Bonchev–Trinajstić information content (AvgIpc) is 2.37. The van der Waals surface area contributed by atoms with Gasteiger partial charge in [-0.15, -0.1) is 0 Å². The highest BCUT2D eigenvalue weighted by molar-refractivity contribution is 5.80. The fourth-order valence-corrected chi connectivity index (χ4v) is 1.42. The number of nitrogen functional groups attached to an aromatic ring is 1. The van der Waals surface area contributed by atoms with Crippen molar-refractivity contribution < 1.29 is 19.4 Å². The van der Waals surface area contributed by atoms with Crippen molar-refractivity contribution in [1.29, 1.82) is 0 Å². The Morgan fingerprint density at radius 1 is 1.50 bits per heavy atom. The van der Waals surface area contributed by atoms with Crippen molar-refractivity contribution in [2.45, 2.75) is 38.8 Å². The van der Waals surface area contributed by atoms with E-state index in [2.05, 4.69) is 22.1 Å². The number of rotatable bonds is 3. The number of amides is 1. The minimum Gasteiger partial charge on any atom is -0.480 e. The molecule has 0 saturated carbocycles. The fraction of sp³-hybridized carbons (Fsp3) is 0.400. The number of carbonyl (C=O) groups excluding carboxylic acids is 1. The number of nitrogens with zero attached hydrogens (tertiary/aromatic N) is 1. The number of nitrogens with two attached hydrogens (primary N) is 1. The number of hydrogen-bond acceptors (Lipinski definition) is 5. The monoisotopic (exact) mass is 305 g/mol. The summed E-state index contributed by atoms with van der Waals surface area (Å²) >= 11 is 0. The van der Waals surface area contributed by atoms with Gasteiger partial charge < -0.3 is 20.9 Å². The second-order valence-electron chi connectivity index (χ2n) is 5.48. The standard InChI is InChI=1S/C15H19N3O4/c1-15(2,3)22-14(21)18-11(13(19)20)8-4-6-10-7-5-9-17-12(10)16/h5,7,9,11H,8H2,1-3H3,(H2,16,17)(H,18,21)(H,19,20)/t11-/m0/s1. The lowest BCUT2D eigenvalue weighted by molar-refractivity contribution is -0.139. The van der Waals surface area contributed by atoms with Crippen molar-refractivity contribution in [2.75, 3.05) is 5.73 Å². The second-order valence-corrected chi connectivity index (χ2v) is 5.48. The third kappa shape index (κ3) is 6.13. The maximum atomic E-state index is 11.6. The number of pyridine rings is 1. The summed E-state index contributed by atoms with van der Waals surface area (Å²) in [7, 11) is 0. The van der Waals surface area contributed by atoms with Gasteiger partial charge in [-0.2, -0.15) is 0 Å². The van der Waals surface area contributed by atoms with Crippen molar-refractivity contribution in [3.8, 4) is 11.8 Å². The molecule has 0 fully saturated rings. The molecule has 1 aromatic heterocycles. The molecule has 0 radical (unpaired) electrons. The molecule has 0 bridgehead atoms. The lowest BCUT2D eigenvalue weighted by atomic mass is 10.2. The second kappa shape index (κ2) is 7.31. The number of carboxylic acids is 1. The summed E-state index contributed by atoms with van der Waals surface area (Å²) in [5, 5.41) is 11.4. The van der Waals surface area contributed by atoms with Crippen LogP contribution in [0.25, 0.3) is 0 Å². The molecule has 1 amide bonds. The Morgan fingerprint density at radius 3 is 2.73 bits per heavy atom. The molecule has 1 heterocycles. The predicted octanol–water partition coefficient (Wildman–Crippen LogP) is 1.38. The molecule has 0 aliphatic carbocycles. The average molecular weight is 305 g/mol. The number of ether oxygens (including phenoxy) is 1. The van der Waals surface area contributed by atoms with Gasteiger partial charge in [0.05, 0.1) is 5.56 Å². The normalized spacial score (nSPS) is 11.8. The largest absolute Gasteiger partial charge is 0.480 e. The first kappa shape index (κ1) is 17.3. The molecule has 4 N–H and O–H groups in total. The van der Waals surface area contributed by atoms with Crippen molar-refractivity contribution in [3.63, 3.8) is 0 Å². The highest BCUT2D eigenvalue weighted by atomic mass is 16.6. The van der Waals surface area contributed by atoms with E-state index in [1.54, 1.807) is 32.9 Å². The van der Waals surface area contributed by atoms with Crippen molar-refractivity contribution >= 4 is 17.9 Å². The zero-order chi connectivity index (χ0) is 16.8. The SMILES string of the molecule is CC(C)(C)OC(=O)N[C@@H](CC#Cc1cccnc1N)C(=O)O. The van der Waals surface area contributed by atoms with E-state index in [-0.39, 0.29) is 12.2 Å². The van der Waals surface area contributed by atoms with Gasteiger partial charge in [0.1, 0.15) is 17.5 Å². The molecule has 1 atom stereocenters. The van der Waals surface area contributed by atoms with Gasteiger partial charge in [0.2, 0.25) is 0 Å². The van der Waals surface area contributed by atoms with Crippen LogP contribution < -0.4 is 11.1 Å². The van der Waals surface area contributed by atoms with Gasteiger partial charge in [0.15, 0.2) is 0 Å². The number of nitrogens with one attached hydrogen (secondary N) is 1. The van der Waals surface area contributed by atoms with Crippen LogP contribution >= 0.6 is 0 Å². The summed E-state index contributed by atoms with van der Waals surface area (Å²) in [4.78, 5) is 26.6. The Morgan fingerprint density at radius 2 is 2.18 bits per heavy atom. The third-order valence-electron chi connectivity index (χ3n) is 2.36. The van der Waals surface area contributed by atoms with Crippen LogP contribution in [0.1, 0.15) is 32.8 Å². The Balaban J connectivity index is 2.69. The number of anilines is 1. The number of aromatic nitrogens is 1. The van der Waals surface area contributed by atoms with Crippen molar-refractivity contribution in [3.05, 3.63) is 23.9 Å². The topological polar surface area (TPSA) is 115 Å². The van der Waals surface area contributed by atoms with Crippen LogP contribution in [0.2, 0.25) is 0 Å². The van der Waals surface area contributed by atoms with Crippen molar-refractivity contribution in [1.82, 2.24) is 10.3 Å². The Bertz CT molecular complexity index is 611. The van der Waals surface area contributed by atoms with Crippen LogP contribution in [0.15, 0.2) is 18.3 Å². The van der Waals surface area contributed by atoms with Crippen LogP contribution in [0, 0.1) is 11.8 Å². The molecule has 22 heavy (non-hydrogen) atoms. The molecule has 0 aliphatic heterocycles. The number of carboxylic acid groups (broad SMARTS) is 1. The minimum atomic E-state index is -1.20. The van der Waals surface area contributed by atoms with Gasteiger partial charge in [0.25, 0.3) is 0 Å². The van der Waals surface area contributed by atoms with E-state index in [1.165, 1.54) is 6.20 Å². The summed E-state index contributed by atoms with van der Waals surface area (Å²) in [6.07, 6.45) is 0.649. The van der Waals surface area contributed by atoms with E-state index in [1.807, 2.05) is 0 Å². The van der Waals surface area contributed by atoms with E-state index in [4.69, 9.17) is 15.6 Å². The van der Waals surface area contributed by atoms with Gasteiger partial charge in [-0.1, -0.05) is 11.8 Å². The lowest BCUT2D eigenvalue weighted by Gasteiger charge is -2.21. The molecular weight excluding hydrogens is 286 g/mol. The van der Waals surface area contributed by atoms with E-state index in [9.17, 15) is 9.59 Å². The van der Waals surface area contributed by atoms with Gasteiger partial charge in [0, 0.05) is 12.6 Å². The van der Waals surface area contributed by atoms with Gasteiger partial charge >= 0.3 is 12.1 Å². The maximum Gasteiger partial charge on any atom is 0.408 e. The molecule has 0 aromatic carbocycles. The first-order valence-electron chi connectivity index (χ1n) is 6.61. The van der Waals surface area contributed by atoms with Crippen LogP contribution in [-0.2, 0) is 9.53 Å². The Kier molecular flexibility index (Phi) is 5.75. The minimum absolute atomic E-state index is 0.0804. The zero-order valence-corrected chi connectivity index (χ0v) is 12.7.